The molecule has 0 N–H and O–H groups in total. The van der Waals surface area contributed by atoms with Crippen LogP contribution in [0.5, 0.6) is 11.5 Å². The fourth-order valence-electron chi connectivity index (χ4n) is 3.62. The predicted molar refractivity (Wildman–Crippen MR) is 95.2 cm³/mol. The minimum atomic E-state index is 0.208. The summed E-state index contributed by atoms with van der Waals surface area (Å²) in [4.78, 5) is 11.2. The van der Waals surface area contributed by atoms with E-state index in [1.54, 1.807) is 25.2 Å². The lowest BCUT2D eigenvalue weighted by Crippen LogP contribution is -2.24. The van der Waals surface area contributed by atoms with Gasteiger partial charge in [-0.15, -0.1) is 0 Å². The maximum absolute atomic E-state index is 5.62. The van der Waals surface area contributed by atoms with Crippen LogP contribution in [0.4, 0.5) is 5.82 Å². The van der Waals surface area contributed by atoms with E-state index < -0.39 is 0 Å². The number of anilines is 1. The highest BCUT2D eigenvalue weighted by Crippen LogP contribution is 2.41. The molecule has 1 unspecified atom stereocenters. The Balaban J connectivity index is 1.78. The van der Waals surface area contributed by atoms with Gasteiger partial charge in [-0.2, -0.15) is 5.10 Å². The van der Waals surface area contributed by atoms with E-state index in [0.717, 1.165) is 53.3 Å². The quantitative estimate of drug-likeness (QED) is 0.728. The molecule has 1 aliphatic rings. The third kappa shape index (κ3) is 2.56. The largest absolute Gasteiger partial charge is 0.497 e. The summed E-state index contributed by atoms with van der Waals surface area (Å²) in [5.41, 5.74) is 1.99. The standard InChI is InChI=1S/C18H21N5O2/c1-22-17-14(10-21-22)18(20-11-19-17)23-8-4-5-15(23)13-7-6-12(24-2)9-16(13)25-3/h6-7,9-11,15H,4-5,8H2,1-3H3. The topological polar surface area (TPSA) is 65.3 Å². The second-order valence-corrected chi connectivity index (χ2v) is 6.16. The Bertz CT molecular complexity index is 908. The molecule has 1 aliphatic heterocycles. The first-order valence-corrected chi connectivity index (χ1v) is 8.34. The minimum Gasteiger partial charge on any atom is -0.497 e. The van der Waals surface area contributed by atoms with Gasteiger partial charge in [0.1, 0.15) is 23.6 Å². The van der Waals surface area contributed by atoms with Gasteiger partial charge in [0.2, 0.25) is 0 Å². The van der Waals surface area contributed by atoms with Gasteiger partial charge in [0.15, 0.2) is 5.65 Å². The van der Waals surface area contributed by atoms with E-state index in [4.69, 9.17) is 9.47 Å². The van der Waals surface area contributed by atoms with E-state index >= 15 is 0 Å². The van der Waals surface area contributed by atoms with Crippen molar-refractivity contribution < 1.29 is 9.47 Å². The molecule has 25 heavy (non-hydrogen) atoms. The molecule has 0 radical (unpaired) electrons. The smallest absolute Gasteiger partial charge is 0.163 e. The van der Waals surface area contributed by atoms with Crippen molar-refractivity contribution in [1.29, 1.82) is 0 Å². The first-order chi connectivity index (χ1) is 12.2. The summed E-state index contributed by atoms with van der Waals surface area (Å²) in [6.07, 6.45) is 5.60. The van der Waals surface area contributed by atoms with Crippen molar-refractivity contribution in [3.05, 3.63) is 36.3 Å². The molecule has 1 aromatic carbocycles. The highest BCUT2D eigenvalue weighted by molar-refractivity contribution is 5.87. The number of benzene rings is 1. The zero-order chi connectivity index (χ0) is 17.4. The van der Waals surface area contributed by atoms with Gasteiger partial charge in [-0.25, -0.2) is 9.97 Å². The van der Waals surface area contributed by atoms with Crippen LogP contribution >= 0.6 is 0 Å². The number of aromatic nitrogens is 4. The lowest BCUT2D eigenvalue weighted by molar-refractivity contribution is 0.388. The van der Waals surface area contributed by atoms with E-state index in [1.807, 2.05) is 25.4 Å². The summed E-state index contributed by atoms with van der Waals surface area (Å²) in [5, 5.41) is 5.30. The first kappa shape index (κ1) is 15.7. The molecule has 3 heterocycles. The van der Waals surface area contributed by atoms with Gasteiger partial charge in [0.05, 0.1) is 31.8 Å². The fourth-order valence-corrected chi connectivity index (χ4v) is 3.62. The van der Waals surface area contributed by atoms with Crippen LogP contribution in [0.3, 0.4) is 0 Å². The van der Waals surface area contributed by atoms with Gasteiger partial charge in [-0.05, 0) is 25.0 Å². The molecule has 7 heteroatoms. The van der Waals surface area contributed by atoms with E-state index in [0.29, 0.717) is 0 Å². The normalized spacial score (nSPS) is 17.2. The number of methoxy groups -OCH3 is 2. The summed E-state index contributed by atoms with van der Waals surface area (Å²) >= 11 is 0. The van der Waals surface area contributed by atoms with E-state index in [-0.39, 0.29) is 6.04 Å². The van der Waals surface area contributed by atoms with Gasteiger partial charge in [0, 0.05) is 25.2 Å². The van der Waals surface area contributed by atoms with Crippen molar-refractivity contribution in [2.45, 2.75) is 18.9 Å². The molecule has 2 aromatic heterocycles. The third-order valence-electron chi connectivity index (χ3n) is 4.83. The van der Waals surface area contributed by atoms with Crippen LogP contribution in [0.2, 0.25) is 0 Å². The molecule has 0 amide bonds. The highest BCUT2D eigenvalue weighted by Gasteiger charge is 2.31. The third-order valence-corrected chi connectivity index (χ3v) is 4.83. The number of aryl methyl sites for hydroxylation is 1. The molecule has 0 bridgehead atoms. The lowest BCUT2D eigenvalue weighted by atomic mass is 10.0. The molecule has 0 aliphatic carbocycles. The molecular formula is C18H21N5O2. The van der Waals surface area contributed by atoms with Crippen LogP contribution in [-0.2, 0) is 7.05 Å². The van der Waals surface area contributed by atoms with E-state index in [2.05, 4.69) is 26.0 Å². The summed E-state index contributed by atoms with van der Waals surface area (Å²) < 4.78 is 12.7. The van der Waals surface area contributed by atoms with Crippen molar-refractivity contribution >= 4 is 16.9 Å². The Morgan fingerprint density at radius 3 is 2.84 bits per heavy atom. The molecule has 130 valence electrons. The molecule has 7 nitrogen and oxygen atoms in total. The van der Waals surface area contributed by atoms with Gasteiger partial charge in [-0.1, -0.05) is 0 Å². The molecule has 4 rings (SSSR count). The van der Waals surface area contributed by atoms with Gasteiger partial charge < -0.3 is 14.4 Å². The molecule has 1 atom stereocenters. The summed E-state index contributed by atoms with van der Waals surface area (Å²) in [6.45, 7) is 0.945. The molecule has 1 saturated heterocycles. The number of nitrogens with zero attached hydrogens (tertiary/aromatic N) is 5. The number of rotatable bonds is 4. The van der Waals surface area contributed by atoms with Crippen molar-refractivity contribution in [1.82, 2.24) is 19.7 Å². The summed E-state index contributed by atoms with van der Waals surface area (Å²) in [5.74, 6) is 2.56. The SMILES string of the molecule is COc1ccc(C2CCCN2c2ncnc3c2cnn3C)c(OC)c1. The van der Waals surface area contributed by atoms with Crippen LogP contribution in [0.1, 0.15) is 24.4 Å². The second-order valence-electron chi connectivity index (χ2n) is 6.16. The monoisotopic (exact) mass is 339 g/mol. The summed E-state index contributed by atoms with van der Waals surface area (Å²) in [7, 11) is 5.25. The molecule has 1 fully saturated rings. The average Bonchev–Trinajstić information content (AvgIpc) is 3.28. The minimum absolute atomic E-state index is 0.208. The Kier molecular flexibility index (Phi) is 3.91. The first-order valence-electron chi connectivity index (χ1n) is 8.34. The predicted octanol–water partition coefficient (Wildman–Crippen LogP) is 2.72. The Morgan fingerprint density at radius 2 is 2.04 bits per heavy atom. The second kappa shape index (κ2) is 6.23. The van der Waals surface area contributed by atoms with Crippen molar-refractivity contribution in [3.63, 3.8) is 0 Å². The van der Waals surface area contributed by atoms with Crippen molar-refractivity contribution in [2.24, 2.45) is 7.05 Å². The number of ether oxygens (including phenoxy) is 2. The molecular weight excluding hydrogens is 318 g/mol. The van der Waals surface area contributed by atoms with Gasteiger partial charge in [0.25, 0.3) is 0 Å². The zero-order valence-corrected chi connectivity index (χ0v) is 14.6. The van der Waals surface area contributed by atoms with E-state index in [1.165, 1.54) is 0 Å². The maximum atomic E-state index is 5.62. The molecule has 0 saturated carbocycles. The Morgan fingerprint density at radius 1 is 1.16 bits per heavy atom. The van der Waals surface area contributed by atoms with Crippen molar-refractivity contribution in [2.75, 3.05) is 25.7 Å². The van der Waals surface area contributed by atoms with Crippen LogP contribution in [0.25, 0.3) is 11.0 Å². The lowest BCUT2D eigenvalue weighted by Gasteiger charge is -2.27. The van der Waals surface area contributed by atoms with Crippen molar-refractivity contribution in [3.8, 4) is 11.5 Å². The van der Waals surface area contributed by atoms with Crippen LogP contribution in [-0.4, -0.2) is 40.5 Å². The Hall–Kier alpha value is -2.83. The maximum Gasteiger partial charge on any atom is 0.163 e. The fraction of sp³-hybridized carbons (Fsp3) is 0.389. The zero-order valence-electron chi connectivity index (χ0n) is 14.6. The Labute approximate surface area is 146 Å². The van der Waals surface area contributed by atoms with E-state index in [9.17, 15) is 0 Å². The van der Waals surface area contributed by atoms with Gasteiger partial charge in [-0.3, -0.25) is 4.68 Å². The summed E-state index contributed by atoms with van der Waals surface area (Å²) in [6, 6.07) is 6.21. The average molecular weight is 339 g/mol. The molecule has 3 aromatic rings. The van der Waals surface area contributed by atoms with Crippen LogP contribution in [0.15, 0.2) is 30.7 Å². The number of hydrogen-bond donors (Lipinski definition) is 0. The highest BCUT2D eigenvalue weighted by atomic mass is 16.5. The molecule has 0 spiro atoms. The number of hydrogen-bond acceptors (Lipinski definition) is 6. The van der Waals surface area contributed by atoms with Gasteiger partial charge >= 0.3 is 0 Å². The number of fused-ring (bicyclic) bond motifs is 1. The van der Waals surface area contributed by atoms with Crippen LogP contribution < -0.4 is 14.4 Å². The van der Waals surface area contributed by atoms with Crippen LogP contribution in [0, 0.1) is 0 Å².